The Morgan fingerprint density at radius 2 is 2.20 bits per heavy atom. The Morgan fingerprint density at radius 1 is 1.50 bits per heavy atom. The van der Waals surface area contributed by atoms with Crippen LogP contribution in [0.3, 0.4) is 0 Å². The molecule has 0 spiro atoms. The quantitative estimate of drug-likeness (QED) is 0.574. The van der Waals surface area contributed by atoms with Gasteiger partial charge in [-0.15, -0.1) is 0 Å². The third-order valence-electron chi connectivity index (χ3n) is 1.30. The van der Waals surface area contributed by atoms with Crippen LogP contribution in [0.1, 0.15) is 11.1 Å². The first-order chi connectivity index (χ1) is 4.74. The summed E-state index contributed by atoms with van der Waals surface area (Å²) in [5, 5.41) is 0. The number of halogens is 1. The maximum absolute atomic E-state index is 12.4. The molecule has 0 unspecified atom stereocenters. The van der Waals surface area contributed by atoms with E-state index in [1.54, 1.807) is 13.2 Å². The molecule has 2 heteroatoms. The summed E-state index contributed by atoms with van der Waals surface area (Å²) >= 11 is 0. The first-order valence-corrected chi connectivity index (χ1v) is 2.88. The van der Waals surface area contributed by atoms with E-state index in [-0.39, 0.29) is 5.82 Å². The highest BCUT2D eigenvalue weighted by Crippen LogP contribution is 2.06. The molecule has 1 rings (SSSR count). The number of aryl methyl sites for hydroxylation is 1. The third kappa shape index (κ3) is 1.21. The van der Waals surface area contributed by atoms with Crippen molar-refractivity contribution in [2.45, 2.75) is 6.92 Å². The maximum Gasteiger partial charge on any atom is 0.233 e. The highest BCUT2D eigenvalue weighted by molar-refractivity contribution is 5.77. The summed E-state index contributed by atoms with van der Waals surface area (Å²) in [6.45, 7) is 1.67. The Hall–Kier alpha value is -1.18. The molecule has 1 nitrogen and oxygen atoms in total. The van der Waals surface area contributed by atoms with Gasteiger partial charge in [0.25, 0.3) is 0 Å². The van der Waals surface area contributed by atoms with Gasteiger partial charge in [0.2, 0.25) is 6.29 Å². The van der Waals surface area contributed by atoms with E-state index in [2.05, 4.69) is 0 Å². The predicted molar refractivity (Wildman–Crippen MR) is 35.9 cm³/mol. The second-order valence-electron chi connectivity index (χ2n) is 2.06. The molecule has 0 aliphatic heterocycles. The van der Waals surface area contributed by atoms with E-state index in [9.17, 15) is 9.18 Å². The number of benzene rings is 1. The highest BCUT2D eigenvalue weighted by atomic mass is 19.1. The molecule has 0 saturated heterocycles. The standard InChI is InChI=1S/C8H6FO/c1-6-4-8(9)3-2-7(6)5-10/h2-4H,1H3. The minimum absolute atomic E-state index is 0.323. The van der Waals surface area contributed by atoms with Crippen LogP contribution in [0.5, 0.6) is 0 Å². The zero-order valence-corrected chi connectivity index (χ0v) is 5.52. The Balaban J connectivity index is 3.19. The average Bonchev–Trinajstić information content (AvgIpc) is 1.88. The molecule has 0 N–H and O–H groups in total. The van der Waals surface area contributed by atoms with Crippen LogP contribution in [0.15, 0.2) is 18.2 Å². The van der Waals surface area contributed by atoms with E-state index in [1.807, 2.05) is 0 Å². The smallest absolute Gasteiger partial charge is 0.233 e. The van der Waals surface area contributed by atoms with Crippen LogP contribution in [-0.4, -0.2) is 6.29 Å². The molecule has 1 aromatic rings. The summed E-state index contributed by atoms with van der Waals surface area (Å²) in [7, 11) is 0. The van der Waals surface area contributed by atoms with Gasteiger partial charge in [-0.25, -0.2) is 4.39 Å². The fourth-order valence-electron chi connectivity index (χ4n) is 0.742. The van der Waals surface area contributed by atoms with Crippen LogP contribution < -0.4 is 0 Å². The first-order valence-electron chi connectivity index (χ1n) is 2.88. The molecule has 0 aromatic heterocycles. The number of hydrogen-bond donors (Lipinski definition) is 0. The summed E-state index contributed by atoms with van der Waals surface area (Å²) in [5.41, 5.74) is 1.04. The zero-order valence-electron chi connectivity index (χ0n) is 5.52. The minimum Gasteiger partial charge on any atom is -0.285 e. The number of hydrogen-bond acceptors (Lipinski definition) is 1. The van der Waals surface area contributed by atoms with E-state index >= 15 is 0 Å². The van der Waals surface area contributed by atoms with Gasteiger partial charge in [0.1, 0.15) is 5.82 Å². The zero-order chi connectivity index (χ0) is 7.56. The number of rotatable bonds is 1. The lowest BCUT2D eigenvalue weighted by Crippen LogP contribution is -1.86. The normalized spacial score (nSPS) is 9.40. The Labute approximate surface area is 58.5 Å². The van der Waals surface area contributed by atoms with E-state index < -0.39 is 0 Å². The van der Waals surface area contributed by atoms with Crippen molar-refractivity contribution in [1.29, 1.82) is 0 Å². The lowest BCUT2D eigenvalue weighted by molar-refractivity contribution is 0.562. The predicted octanol–water partition coefficient (Wildman–Crippen LogP) is 1.59. The van der Waals surface area contributed by atoms with Crippen molar-refractivity contribution >= 4 is 6.29 Å². The second kappa shape index (κ2) is 2.60. The van der Waals surface area contributed by atoms with Crippen LogP contribution in [0.2, 0.25) is 0 Å². The molecule has 0 saturated carbocycles. The van der Waals surface area contributed by atoms with Crippen molar-refractivity contribution in [1.82, 2.24) is 0 Å². The minimum atomic E-state index is -0.323. The van der Waals surface area contributed by atoms with Crippen molar-refractivity contribution in [3.05, 3.63) is 35.1 Å². The molecule has 1 radical (unpaired) electrons. The summed E-state index contributed by atoms with van der Waals surface area (Å²) in [4.78, 5) is 10.1. The van der Waals surface area contributed by atoms with Crippen molar-refractivity contribution in [3.8, 4) is 0 Å². The highest BCUT2D eigenvalue weighted by Gasteiger charge is 1.97. The molecular formula is C8H6FO. The Morgan fingerprint density at radius 3 is 2.70 bits per heavy atom. The van der Waals surface area contributed by atoms with Crippen molar-refractivity contribution in [2.75, 3.05) is 0 Å². The van der Waals surface area contributed by atoms with Gasteiger partial charge in [0.05, 0.1) is 0 Å². The molecule has 0 amide bonds. The summed E-state index contributed by atoms with van der Waals surface area (Å²) in [6.07, 6.45) is 1.71. The van der Waals surface area contributed by atoms with Crippen LogP contribution in [0.4, 0.5) is 4.39 Å². The van der Waals surface area contributed by atoms with Crippen LogP contribution in [0, 0.1) is 12.7 Å². The fraction of sp³-hybridized carbons (Fsp3) is 0.125. The summed E-state index contributed by atoms with van der Waals surface area (Å²) < 4.78 is 12.4. The van der Waals surface area contributed by atoms with Gasteiger partial charge in [-0.2, -0.15) is 0 Å². The van der Waals surface area contributed by atoms with Crippen LogP contribution in [-0.2, 0) is 4.79 Å². The van der Waals surface area contributed by atoms with E-state index in [1.165, 1.54) is 18.2 Å². The molecule has 0 heterocycles. The van der Waals surface area contributed by atoms with Gasteiger partial charge in [0, 0.05) is 5.56 Å². The lowest BCUT2D eigenvalue weighted by Gasteiger charge is -1.94. The van der Waals surface area contributed by atoms with Gasteiger partial charge in [0.15, 0.2) is 0 Å². The van der Waals surface area contributed by atoms with E-state index in [0.29, 0.717) is 11.1 Å². The van der Waals surface area contributed by atoms with E-state index in [0.717, 1.165) is 0 Å². The van der Waals surface area contributed by atoms with Crippen molar-refractivity contribution < 1.29 is 9.18 Å². The van der Waals surface area contributed by atoms with Crippen LogP contribution >= 0.6 is 0 Å². The number of carbonyl (C=O) groups excluding carboxylic acids is 1. The molecule has 1 aromatic carbocycles. The average molecular weight is 137 g/mol. The lowest BCUT2D eigenvalue weighted by atomic mass is 10.1. The van der Waals surface area contributed by atoms with Crippen molar-refractivity contribution in [3.63, 3.8) is 0 Å². The molecule has 51 valence electrons. The van der Waals surface area contributed by atoms with Gasteiger partial charge in [-0.3, -0.25) is 4.79 Å². The summed E-state index contributed by atoms with van der Waals surface area (Å²) in [6, 6.07) is 3.96. The monoisotopic (exact) mass is 137 g/mol. The first kappa shape index (κ1) is 6.93. The molecule has 0 aliphatic carbocycles. The van der Waals surface area contributed by atoms with E-state index in [4.69, 9.17) is 0 Å². The second-order valence-corrected chi connectivity index (χ2v) is 2.06. The molecule has 0 fully saturated rings. The molecule has 0 atom stereocenters. The maximum atomic E-state index is 12.4. The fourth-order valence-corrected chi connectivity index (χ4v) is 0.742. The Bertz CT molecular complexity index is 255. The largest absolute Gasteiger partial charge is 0.285 e. The van der Waals surface area contributed by atoms with Crippen molar-refractivity contribution in [2.24, 2.45) is 0 Å². The SMILES string of the molecule is Cc1cc(F)ccc1[C]=O. The Kier molecular flexibility index (Phi) is 1.81. The van der Waals surface area contributed by atoms with Gasteiger partial charge >= 0.3 is 0 Å². The van der Waals surface area contributed by atoms with Crippen LogP contribution in [0.25, 0.3) is 0 Å². The van der Waals surface area contributed by atoms with Gasteiger partial charge in [-0.1, -0.05) is 0 Å². The molecular weight excluding hydrogens is 131 g/mol. The van der Waals surface area contributed by atoms with Gasteiger partial charge < -0.3 is 0 Å². The molecule has 0 aliphatic rings. The summed E-state index contributed by atoms with van der Waals surface area (Å²) in [5.74, 6) is -0.323. The van der Waals surface area contributed by atoms with Gasteiger partial charge in [-0.05, 0) is 30.7 Å². The topological polar surface area (TPSA) is 17.1 Å². The third-order valence-corrected chi connectivity index (χ3v) is 1.30. The molecule has 10 heavy (non-hydrogen) atoms. The molecule has 0 bridgehead atoms.